The number of aromatic nitrogens is 4. The monoisotopic (exact) mass is 323 g/mol. The fourth-order valence-electron chi connectivity index (χ4n) is 3.44. The number of nitrogens with one attached hydrogen (secondary N) is 1. The Kier molecular flexibility index (Phi) is 3.80. The minimum Gasteiger partial charge on any atom is -0.340 e. The summed E-state index contributed by atoms with van der Waals surface area (Å²) in [5.74, 6) is 0.151. The maximum atomic E-state index is 12.7. The van der Waals surface area contributed by atoms with Gasteiger partial charge in [0.2, 0.25) is 5.91 Å². The van der Waals surface area contributed by atoms with Gasteiger partial charge in [0, 0.05) is 24.7 Å². The Labute approximate surface area is 140 Å². The zero-order valence-electron chi connectivity index (χ0n) is 13.8. The standard InChI is InChI=1S/C18H21N5O/c1-13-10-19-23(11-13)14-5-4-8-22(12-14)18(24)9-17-15-6-2-3-7-16(15)20-21-17/h2-3,6-7,10-11,14H,4-5,8-9,12H2,1H3,(H,20,21)/t14-/m1/s1. The van der Waals surface area contributed by atoms with Crippen molar-refractivity contribution in [2.45, 2.75) is 32.2 Å². The van der Waals surface area contributed by atoms with E-state index in [4.69, 9.17) is 0 Å². The molecule has 4 rings (SSSR count). The predicted octanol–water partition coefficient (Wildman–Crippen LogP) is 2.47. The molecule has 0 spiro atoms. The number of likely N-dealkylation sites (tertiary alicyclic amines) is 1. The molecule has 1 aliphatic heterocycles. The van der Waals surface area contributed by atoms with Gasteiger partial charge in [0.25, 0.3) is 0 Å². The van der Waals surface area contributed by atoms with Crippen molar-refractivity contribution in [3.63, 3.8) is 0 Å². The van der Waals surface area contributed by atoms with Gasteiger partial charge in [0.15, 0.2) is 0 Å². The van der Waals surface area contributed by atoms with Crippen LogP contribution in [-0.2, 0) is 11.2 Å². The SMILES string of the molecule is Cc1cnn([C@@H]2CCCN(C(=O)Cc3[nH]nc4ccccc34)C2)c1. The van der Waals surface area contributed by atoms with E-state index >= 15 is 0 Å². The van der Waals surface area contributed by atoms with Crippen molar-refractivity contribution in [3.05, 3.63) is 47.9 Å². The fourth-order valence-corrected chi connectivity index (χ4v) is 3.44. The fraction of sp³-hybridized carbons (Fsp3) is 0.389. The van der Waals surface area contributed by atoms with Gasteiger partial charge in [-0.15, -0.1) is 0 Å². The second-order valence-electron chi connectivity index (χ2n) is 6.53. The number of nitrogens with zero attached hydrogens (tertiary/aromatic N) is 4. The molecule has 124 valence electrons. The molecule has 0 radical (unpaired) electrons. The minimum atomic E-state index is 0.151. The average molecular weight is 323 g/mol. The quantitative estimate of drug-likeness (QED) is 0.805. The third-order valence-electron chi connectivity index (χ3n) is 4.72. The number of H-pyrrole nitrogens is 1. The minimum absolute atomic E-state index is 0.151. The summed E-state index contributed by atoms with van der Waals surface area (Å²) in [5.41, 5.74) is 2.96. The van der Waals surface area contributed by atoms with E-state index in [-0.39, 0.29) is 11.9 Å². The van der Waals surface area contributed by atoms with Crippen LogP contribution < -0.4 is 0 Å². The number of carbonyl (C=O) groups excluding carboxylic acids is 1. The van der Waals surface area contributed by atoms with Crippen molar-refractivity contribution in [2.24, 2.45) is 0 Å². The highest BCUT2D eigenvalue weighted by Gasteiger charge is 2.25. The summed E-state index contributed by atoms with van der Waals surface area (Å²) < 4.78 is 2.00. The first-order valence-corrected chi connectivity index (χ1v) is 8.41. The van der Waals surface area contributed by atoms with Crippen molar-refractivity contribution in [2.75, 3.05) is 13.1 Å². The molecular formula is C18H21N5O. The zero-order chi connectivity index (χ0) is 16.5. The van der Waals surface area contributed by atoms with E-state index in [2.05, 4.69) is 21.5 Å². The van der Waals surface area contributed by atoms with E-state index in [1.54, 1.807) is 0 Å². The third kappa shape index (κ3) is 2.79. The van der Waals surface area contributed by atoms with Gasteiger partial charge in [-0.05, 0) is 31.4 Å². The van der Waals surface area contributed by atoms with Crippen molar-refractivity contribution >= 4 is 16.8 Å². The van der Waals surface area contributed by atoms with Crippen molar-refractivity contribution < 1.29 is 4.79 Å². The van der Waals surface area contributed by atoms with Crippen molar-refractivity contribution in [3.8, 4) is 0 Å². The molecule has 1 atom stereocenters. The molecule has 0 aliphatic carbocycles. The van der Waals surface area contributed by atoms with Crippen LogP contribution in [0.25, 0.3) is 10.9 Å². The zero-order valence-corrected chi connectivity index (χ0v) is 13.8. The molecule has 1 N–H and O–H groups in total. The molecule has 0 bridgehead atoms. The molecule has 0 saturated carbocycles. The molecule has 3 aromatic rings. The number of aromatic amines is 1. The van der Waals surface area contributed by atoms with E-state index in [1.807, 2.05) is 47.0 Å². The molecular weight excluding hydrogens is 302 g/mol. The summed E-state index contributed by atoms with van der Waals surface area (Å²) >= 11 is 0. The Morgan fingerprint density at radius 1 is 1.38 bits per heavy atom. The maximum absolute atomic E-state index is 12.7. The Balaban J connectivity index is 1.48. The first-order valence-electron chi connectivity index (χ1n) is 8.41. The van der Waals surface area contributed by atoms with Gasteiger partial charge in [0.05, 0.1) is 29.9 Å². The summed E-state index contributed by atoms with van der Waals surface area (Å²) in [4.78, 5) is 14.7. The highest BCUT2D eigenvalue weighted by molar-refractivity contribution is 5.87. The number of hydrogen-bond acceptors (Lipinski definition) is 3. The molecule has 6 heteroatoms. The number of aryl methyl sites for hydroxylation is 1. The van der Waals surface area contributed by atoms with Gasteiger partial charge >= 0.3 is 0 Å². The van der Waals surface area contributed by atoms with Gasteiger partial charge in [-0.3, -0.25) is 14.6 Å². The molecule has 1 aliphatic rings. The van der Waals surface area contributed by atoms with Crippen LogP contribution in [0.15, 0.2) is 36.7 Å². The molecule has 1 amide bonds. The van der Waals surface area contributed by atoms with Crippen molar-refractivity contribution in [1.82, 2.24) is 24.9 Å². The Bertz CT molecular complexity index is 865. The number of fused-ring (bicyclic) bond motifs is 1. The number of hydrogen-bond donors (Lipinski definition) is 1. The predicted molar refractivity (Wildman–Crippen MR) is 91.6 cm³/mol. The van der Waals surface area contributed by atoms with Gasteiger partial charge in [-0.1, -0.05) is 18.2 Å². The Morgan fingerprint density at radius 3 is 3.08 bits per heavy atom. The number of piperidine rings is 1. The lowest BCUT2D eigenvalue weighted by Gasteiger charge is -2.33. The topological polar surface area (TPSA) is 66.8 Å². The normalized spacial score (nSPS) is 18.2. The van der Waals surface area contributed by atoms with Crippen LogP contribution in [0.2, 0.25) is 0 Å². The first kappa shape index (κ1) is 14.9. The van der Waals surface area contributed by atoms with Crippen molar-refractivity contribution in [1.29, 1.82) is 0 Å². The summed E-state index contributed by atoms with van der Waals surface area (Å²) in [6, 6.07) is 8.16. The molecule has 1 aromatic carbocycles. The third-order valence-corrected chi connectivity index (χ3v) is 4.72. The average Bonchev–Trinajstić information content (AvgIpc) is 3.22. The van der Waals surface area contributed by atoms with Gasteiger partial charge in [-0.2, -0.15) is 10.2 Å². The number of benzene rings is 1. The second kappa shape index (κ2) is 6.11. The summed E-state index contributed by atoms with van der Waals surface area (Å²) in [7, 11) is 0. The molecule has 1 fully saturated rings. The molecule has 3 heterocycles. The summed E-state index contributed by atoms with van der Waals surface area (Å²) in [5, 5.41) is 12.7. The van der Waals surface area contributed by atoms with Gasteiger partial charge in [0.1, 0.15) is 0 Å². The van der Waals surface area contributed by atoms with E-state index in [0.29, 0.717) is 6.42 Å². The lowest BCUT2D eigenvalue weighted by molar-refractivity contribution is -0.132. The van der Waals surface area contributed by atoms with E-state index in [0.717, 1.165) is 48.1 Å². The number of para-hydroxylation sites is 1. The van der Waals surface area contributed by atoms with E-state index < -0.39 is 0 Å². The number of carbonyl (C=O) groups is 1. The smallest absolute Gasteiger partial charge is 0.228 e. The lowest BCUT2D eigenvalue weighted by atomic mass is 10.0. The molecule has 1 saturated heterocycles. The van der Waals surface area contributed by atoms with Gasteiger partial charge in [-0.25, -0.2) is 0 Å². The molecule has 6 nitrogen and oxygen atoms in total. The van der Waals surface area contributed by atoms with E-state index in [1.165, 1.54) is 0 Å². The summed E-state index contributed by atoms with van der Waals surface area (Å²) in [6.45, 7) is 3.59. The first-order chi connectivity index (χ1) is 11.7. The second-order valence-corrected chi connectivity index (χ2v) is 6.53. The van der Waals surface area contributed by atoms with Crippen LogP contribution in [-0.4, -0.2) is 43.9 Å². The van der Waals surface area contributed by atoms with Crippen LogP contribution in [0.1, 0.15) is 30.1 Å². The maximum Gasteiger partial charge on any atom is 0.228 e. The highest BCUT2D eigenvalue weighted by atomic mass is 16.2. The summed E-state index contributed by atoms with van der Waals surface area (Å²) in [6.07, 6.45) is 6.38. The van der Waals surface area contributed by atoms with E-state index in [9.17, 15) is 4.79 Å². The lowest BCUT2D eigenvalue weighted by Crippen LogP contribution is -2.41. The molecule has 0 unspecified atom stereocenters. The highest BCUT2D eigenvalue weighted by Crippen LogP contribution is 2.23. The Morgan fingerprint density at radius 2 is 2.25 bits per heavy atom. The molecule has 2 aromatic heterocycles. The number of rotatable bonds is 3. The van der Waals surface area contributed by atoms with Crippen LogP contribution in [0.4, 0.5) is 0 Å². The van der Waals surface area contributed by atoms with Crippen LogP contribution in [0, 0.1) is 6.92 Å². The number of amides is 1. The van der Waals surface area contributed by atoms with Crippen LogP contribution in [0.5, 0.6) is 0 Å². The van der Waals surface area contributed by atoms with Crippen LogP contribution in [0.3, 0.4) is 0 Å². The molecule has 24 heavy (non-hydrogen) atoms. The Hall–Kier alpha value is -2.63. The largest absolute Gasteiger partial charge is 0.340 e. The van der Waals surface area contributed by atoms with Gasteiger partial charge < -0.3 is 4.90 Å². The van der Waals surface area contributed by atoms with Crippen LogP contribution >= 0.6 is 0 Å².